The third-order valence-electron chi connectivity index (χ3n) is 2.61. The zero-order chi connectivity index (χ0) is 11.7. The average Bonchev–Trinajstić information content (AvgIpc) is 2.57. The number of nitrogens with zero attached hydrogens (tertiary/aromatic N) is 3. The Hall–Kier alpha value is -1.84. The Morgan fingerprint density at radius 2 is 2.06 bits per heavy atom. The predicted molar refractivity (Wildman–Crippen MR) is 64.9 cm³/mol. The van der Waals surface area contributed by atoms with Gasteiger partial charge in [0.15, 0.2) is 0 Å². The van der Waals surface area contributed by atoms with Gasteiger partial charge in [0.25, 0.3) is 0 Å². The van der Waals surface area contributed by atoms with E-state index in [2.05, 4.69) is 23.9 Å². The Balaban J connectivity index is 2.62. The molecule has 0 atom stereocenters. The van der Waals surface area contributed by atoms with Crippen molar-refractivity contribution in [2.24, 2.45) is 7.05 Å². The highest BCUT2D eigenvalue weighted by atomic mass is 15.3. The Morgan fingerprint density at radius 3 is 2.62 bits per heavy atom. The van der Waals surface area contributed by atoms with E-state index < -0.39 is 0 Å². The van der Waals surface area contributed by atoms with Crippen molar-refractivity contribution in [3.05, 3.63) is 30.0 Å². The second-order valence-corrected chi connectivity index (χ2v) is 4.14. The smallest absolute Gasteiger partial charge is 0.125 e. The maximum atomic E-state index is 6.01. The molecule has 4 nitrogen and oxygen atoms in total. The van der Waals surface area contributed by atoms with Crippen molar-refractivity contribution >= 4 is 5.82 Å². The fourth-order valence-electron chi connectivity index (χ4n) is 1.81. The third kappa shape index (κ3) is 1.66. The maximum absolute atomic E-state index is 6.01. The van der Waals surface area contributed by atoms with Crippen LogP contribution < -0.4 is 5.73 Å². The molecular formula is C12H16N4. The molecule has 0 saturated heterocycles. The Bertz CT molecular complexity index is 485. The molecule has 0 amide bonds. The molecule has 0 spiro atoms. The molecule has 4 heteroatoms. The van der Waals surface area contributed by atoms with Crippen molar-refractivity contribution < 1.29 is 0 Å². The van der Waals surface area contributed by atoms with Gasteiger partial charge in [-0.05, 0) is 18.1 Å². The standard InChI is InChI=1S/C12H16N4/c1-8(2)10-11(15-16(3)12(10)13)9-6-4-5-7-14-9/h4-8H,13H2,1-3H3. The summed E-state index contributed by atoms with van der Waals surface area (Å²) in [6.07, 6.45) is 1.77. The lowest BCUT2D eigenvalue weighted by Gasteiger charge is -2.06. The highest BCUT2D eigenvalue weighted by molar-refractivity contribution is 5.66. The summed E-state index contributed by atoms with van der Waals surface area (Å²) in [4.78, 5) is 4.32. The SMILES string of the molecule is CC(C)c1c(-c2ccccn2)nn(C)c1N. The van der Waals surface area contributed by atoms with E-state index in [1.54, 1.807) is 10.9 Å². The molecule has 84 valence electrons. The molecule has 0 aliphatic rings. The lowest BCUT2D eigenvalue weighted by molar-refractivity contribution is 0.779. The summed E-state index contributed by atoms with van der Waals surface area (Å²) in [5.74, 6) is 1.06. The number of hydrogen-bond acceptors (Lipinski definition) is 3. The normalized spacial score (nSPS) is 11.0. The van der Waals surface area contributed by atoms with Gasteiger partial charge in [-0.2, -0.15) is 5.10 Å². The van der Waals surface area contributed by atoms with Gasteiger partial charge >= 0.3 is 0 Å². The molecule has 0 aromatic carbocycles. The molecule has 0 bridgehead atoms. The summed E-state index contributed by atoms with van der Waals surface area (Å²) in [6, 6.07) is 5.80. The van der Waals surface area contributed by atoms with Crippen LogP contribution in [0.25, 0.3) is 11.4 Å². The number of rotatable bonds is 2. The molecule has 0 aliphatic carbocycles. The number of nitrogens with two attached hydrogens (primary N) is 1. The minimum Gasteiger partial charge on any atom is -0.384 e. The minimum absolute atomic E-state index is 0.339. The second-order valence-electron chi connectivity index (χ2n) is 4.14. The lowest BCUT2D eigenvalue weighted by Crippen LogP contribution is -2.00. The van der Waals surface area contributed by atoms with Gasteiger partial charge in [0, 0.05) is 18.8 Å². The molecule has 2 rings (SSSR count). The van der Waals surface area contributed by atoms with E-state index in [1.165, 1.54) is 0 Å². The van der Waals surface area contributed by atoms with E-state index in [-0.39, 0.29) is 0 Å². The maximum Gasteiger partial charge on any atom is 0.125 e. The van der Waals surface area contributed by atoms with Crippen LogP contribution >= 0.6 is 0 Å². The van der Waals surface area contributed by atoms with Crippen LogP contribution in [-0.2, 0) is 7.05 Å². The Kier molecular flexibility index (Phi) is 2.64. The summed E-state index contributed by atoms with van der Waals surface area (Å²) in [7, 11) is 1.85. The van der Waals surface area contributed by atoms with Gasteiger partial charge in [0.05, 0.1) is 5.69 Å². The molecular weight excluding hydrogens is 200 g/mol. The zero-order valence-corrected chi connectivity index (χ0v) is 9.81. The summed E-state index contributed by atoms with van der Waals surface area (Å²) < 4.78 is 1.71. The highest BCUT2D eigenvalue weighted by Crippen LogP contribution is 2.31. The zero-order valence-electron chi connectivity index (χ0n) is 9.81. The molecule has 2 aromatic rings. The van der Waals surface area contributed by atoms with Crippen molar-refractivity contribution in [3.8, 4) is 11.4 Å². The largest absolute Gasteiger partial charge is 0.384 e. The summed E-state index contributed by atoms with van der Waals surface area (Å²) >= 11 is 0. The van der Waals surface area contributed by atoms with Crippen LogP contribution in [0.2, 0.25) is 0 Å². The van der Waals surface area contributed by atoms with Crippen molar-refractivity contribution in [1.82, 2.24) is 14.8 Å². The number of anilines is 1. The molecule has 0 saturated carbocycles. The fraction of sp³-hybridized carbons (Fsp3) is 0.333. The van der Waals surface area contributed by atoms with Gasteiger partial charge in [0.2, 0.25) is 0 Å². The van der Waals surface area contributed by atoms with Crippen LogP contribution in [0, 0.1) is 0 Å². The molecule has 2 aromatic heterocycles. The van der Waals surface area contributed by atoms with Gasteiger partial charge in [-0.25, -0.2) is 0 Å². The first-order valence-corrected chi connectivity index (χ1v) is 5.35. The average molecular weight is 216 g/mol. The van der Waals surface area contributed by atoms with Crippen molar-refractivity contribution in [1.29, 1.82) is 0 Å². The van der Waals surface area contributed by atoms with Crippen LogP contribution in [0.1, 0.15) is 25.3 Å². The molecule has 0 radical (unpaired) electrons. The van der Waals surface area contributed by atoms with Crippen molar-refractivity contribution in [2.45, 2.75) is 19.8 Å². The van der Waals surface area contributed by atoms with E-state index >= 15 is 0 Å². The van der Waals surface area contributed by atoms with Gasteiger partial charge in [-0.3, -0.25) is 9.67 Å². The van der Waals surface area contributed by atoms with Crippen LogP contribution in [0.3, 0.4) is 0 Å². The lowest BCUT2D eigenvalue weighted by atomic mass is 10.0. The number of aromatic nitrogens is 3. The number of pyridine rings is 1. The second kappa shape index (κ2) is 3.96. The topological polar surface area (TPSA) is 56.7 Å². The third-order valence-corrected chi connectivity index (χ3v) is 2.61. The monoisotopic (exact) mass is 216 g/mol. The molecule has 0 unspecified atom stereocenters. The van der Waals surface area contributed by atoms with Crippen molar-refractivity contribution in [3.63, 3.8) is 0 Å². The van der Waals surface area contributed by atoms with Crippen LogP contribution in [0.5, 0.6) is 0 Å². The summed E-state index contributed by atoms with van der Waals surface area (Å²) in [5.41, 5.74) is 8.84. The highest BCUT2D eigenvalue weighted by Gasteiger charge is 2.18. The summed E-state index contributed by atoms with van der Waals surface area (Å²) in [6.45, 7) is 4.22. The van der Waals surface area contributed by atoms with Gasteiger partial charge in [-0.1, -0.05) is 19.9 Å². The number of aryl methyl sites for hydroxylation is 1. The molecule has 16 heavy (non-hydrogen) atoms. The fourth-order valence-corrected chi connectivity index (χ4v) is 1.81. The van der Waals surface area contributed by atoms with E-state index in [0.29, 0.717) is 5.92 Å². The minimum atomic E-state index is 0.339. The molecule has 2 heterocycles. The van der Waals surface area contributed by atoms with Crippen LogP contribution in [0.15, 0.2) is 24.4 Å². The first-order chi connectivity index (χ1) is 7.61. The molecule has 0 aliphatic heterocycles. The first kappa shape index (κ1) is 10.7. The van der Waals surface area contributed by atoms with Gasteiger partial charge < -0.3 is 5.73 Å². The number of hydrogen-bond donors (Lipinski definition) is 1. The predicted octanol–water partition coefficient (Wildman–Crippen LogP) is 2.19. The quantitative estimate of drug-likeness (QED) is 0.837. The molecule has 2 N–H and O–H groups in total. The van der Waals surface area contributed by atoms with E-state index in [9.17, 15) is 0 Å². The molecule has 0 fully saturated rings. The Labute approximate surface area is 95.1 Å². The Morgan fingerprint density at radius 1 is 1.31 bits per heavy atom. The van der Waals surface area contributed by atoms with Gasteiger partial charge in [-0.15, -0.1) is 0 Å². The van der Waals surface area contributed by atoms with Gasteiger partial charge in [0.1, 0.15) is 11.5 Å². The number of nitrogen functional groups attached to an aromatic ring is 1. The van der Waals surface area contributed by atoms with E-state index in [1.807, 2.05) is 25.2 Å². The van der Waals surface area contributed by atoms with E-state index in [0.717, 1.165) is 22.8 Å². The first-order valence-electron chi connectivity index (χ1n) is 5.35. The van der Waals surface area contributed by atoms with Crippen molar-refractivity contribution in [2.75, 3.05) is 5.73 Å². The van der Waals surface area contributed by atoms with Crippen LogP contribution in [0.4, 0.5) is 5.82 Å². The van der Waals surface area contributed by atoms with Crippen LogP contribution in [-0.4, -0.2) is 14.8 Å². The van der Waals surface area contributed by atoms with E-state index in [4.69, 9.17) is 5.73 Å². The summed E-state index contributed by atoms with van der Waals surface area (Å²) in [5, 5.41) is 4.43.